The zero-order valence-electron chi connectivity index (χ0n) is 20.1. The largest absolute Gasteiger partial charge is 0.362 e. The van der Waals surface area contributed by atoms with Crippen LogP contribution in [0.25, 0.3) is 0 Å². The molecule has 1 amide bonds. The summed E-state index contributed by atoms with van der Waals surface area (Å²) in [4.78, 5) is 42.7. The van der Waals surface area contributed by atoms with Gasteiger partial charge in [0.2, 0.25) is 0 Å². The SMILES string of the molecule is Cc1cc(C)n(C)c(=O)c1C(=O)N1CCCC[C@H]1c1nc2c(c(N(C)C)n1)CN(C)CC2. The maximum Gasteiger partial charge on any atom is 0.263 e. The molecular formula is C24H34N6O2. The van der Waals surface area contributed by atoms with Gasteiger partial charge < -0.3 is 19.3 Å². The molecule has 2 aromatic heterocycles. The average Bonchev–Trinajstić information content (AvgIpc) is 2.76. The predicted molar refractivity (Wildman–Crippen MR) is 125 cm³/mol. The molecule has 0 aliphatic carbocycles. The van der Waals surface area contributed by atoms with E-state index in [0.29, 0.717) is 12.4 Å². The second kappa shape index (κ2) is 8.65. The fourth-order valence-corrected chi connectivity index (χ4v) is 4.89. The summed E-state index contributed by atoms with van der Waals surface area (Å²) >= 11 is 0. The summed E-state index contributed by atoms with van der Waals surface area (Å²) in [5.74, 6) is 1.42. The van der Waals surface area contributed by atoms with Gasteiger partial charge in [-0.25, -0.2) is 9.97 Å². The molecule has 172 valence electrons. The summed E-state index contributed by atoms with van der Waals surface area (Å²) in [6.45, 7) is 6.13. The van der Waals surface area contributed by atoms with Gasteiger partial charge in [0, 0.05) is 58.5 Å². The van der Waals surface area contributed by atoms with Gasteiger partial charge in [0.25, 0.3) is 11.5 Å². The summed E-state index contributed by atoms with van der Waals surface area (Å²) in [5.41, 5.74) is 3.85. The van der Waals surface area contributed by atoms with E-state index in [1.54, 1.807) is 11.6 Å². The lowest BCUT2D eigenvalue weighted by Crippen LogP contribution is -2.43. The van der Waals surface area contributed by atoms with Crippen molar-refractivity contribution in [3.63, 3.8) is 0 Å². The molecule has 2 aromatic rings. The molecule has 0 radical (unpaired) electrons. The van der Waals surface area contributed by atoms with Crippen LogP contribution in [0, 0.1) is 13.8 Å². The van der Waals surface area contributed by atoms with Gasteiger partial charge in [0.15, 0.2) is 5.82 Å². The van der Waals surface area contributed by atoms with E-state index in [1.807, 2.05) is 43.8 Å². The second-order valence-corrected chi connectivity index (χ2v) is 9.43. The lowest BCUT2D eigenvalue weighted by Gasteiger charge is -2.36. The van der Waals surface area contributed by atoms with Gasteiger partial charge in [-0.3, -0.25) is 9.59 Å². The number of likely N-dealkylation sites (tertiary alicyclic amines) is 1. The zero-order chi connectivity index (χ0) is 23.2. The number of fused-ring (bicyclic) bond motifs is 1. The molecule has 32 heavy (non-hydrogen) atoms. The van der Waals surface area contributed by atoms with Gasteiger partial charge in [0.05, 0.1) is 11.7 Å². The Hall–Kier alpha value is -2.74. The maximum atomic E-state index is 13.7. The van der Waals surface area contributed by atoms with Crippen molar-refractivity contribution >= 4 is 11.7 Å². The molecule has 1 fully saturated rings. The Bertz CT molecular complexity index is 1110. The molecule has 4 rings (SSSR count). The highest BCUT2D eigenvalue weighted by Gasteiger charge is 2.34. The summed E-state index contributed by atoms with van der Waals surface area (Å²) in [6, 6.07) is 1.69. The number of rotatable bonds is 3. The minimum absolute atomic E-state index is 0.208. The first-order chi connectivity index (χ1) is 15.2. The molecule has 0 bridgehead atoms. The average molecular weight is 439 g/mol. The van der Waals surface area contributed by atoms with Crippen molar-refractivity contribution in [1.29, 1.82) is 0 Å². The fourth-order valence-electron chi connectivity index (χ4n) is 4.89. The topological polar surface area (TPSA) is 74.6 Å². The molecule has 0 saturated carbocycles. The van der Waals surface area contributed by atoms with Gasteiger partial charge in [-0.05, 0) is 51.8 Å². The Kier molecular flexibility index (Phi) is 6.07. The van der Waals surface area contributed by atoms with E-state index in [9.17, 15) is 9.59 Å². The Morgan fingerprint density at radius 1 is 1.12 bits per heavy atom. The molecule has 0 unspecified atom stereocenters. The number of hydrogen-bond donors (Lipinski definition) is 0. The maximum absolute atomic E-state index is 13.7. The van der Waals surface area contributed by atoms with Gasteiger partial charge in [-0.2, -0.15) is 0 Å². The van der Waals surface area contributed by atoms with Crippen LogP contribution in [0.2, 0.25) is 0 Å². The first-order valence-electron chi connectivity index (χ1n) is 11.4. The van der Waals surface area contributed by atoms with E-state index in [0.717, 1.165) is 61.5 Å². The van der Waals surface area contributed by atoms with Gasteiger partial charge in [0.1, 0.15) is 11.4 Å². The van der Waals surface area contributed by atoms with E-state index in [1.165, 1.54) is 5.56 Å². The Morgan fingerprint density at radius 3 is 2.59 bits per heavy atom. The van der Waals surface area contributed by atoms with Crippen molar-refractivity contribution in [2.45, 2.75) is 52.1 Å². The number of anilines is 1. The highest BCUT2D eigenvalue weighted by Crippen LogP contribution is 2.33. The summed E-state index contributed by atoms with van der Waals surface area (Å²) in [7, 11) is 7.84. The summed E-state index contributed by atoms with van der Waals surface area (Å²) < 4.78 is 1.55. The molecule has 8 nitrogen and oxygen atoms in total. The summed E-state index contributed by atoms with van der Waals surface area (Å²) in [5, 5.41) is 0. The third kappa shape index (κ3) is 3.92. The number of carbonyl (C=O) groups is 1. The zero-order valence-corrected chi connectivity index (χ0v) is 20.1. The molecule has 0 spiro atoms. The van der Waals surface area contributed by atoms with Crippen molar-refractivity contribution in [2.75, 3.05) is 39.1 Å². The van der Waals surface area contributed by atoms with Crippen LogP contribution in [-0.2, 0) is 20.0 Å². The van der Waals surface area contributed by atoms with E-state index >= 15 is 0 Å². The Morgan fingerprint density at radius 2 is 1.88 bits per heavy atom. The molecule has 8 heteroatoms. The van der Waals surface area contributed by atoms with Crippen molar-refractivity contribution in [3.05, 3.63) is 50.3 Å². The minimum atomic E-state index is -0.236. The van der Waals surface area contributed by atoms with Crippen LogP contribution in [0.4, 0.5) is 5.82 Å². The molecule has 4 heterocycles. The lowest BCUT2D eigenvalue weighted by molar-refractivity contribution is 0.0596. The number of piperidine rings is 1. The van der Waals surface area contributed by atoms with Crippen molar-refractivity contribution < 1.29 is 4.79 Å². The first kappa shape index (κ1) is 22.5. The third-order valence-corrected chi connectivity index (χ3v) is 6.81. The number of aryl methyl sites for hydroxylation is 2. The van der Waals surface area contributed by atoms with Gasteiger partial charge in [-0.15, -0.1) is 0 Å². The van der Waals surface area contributed by atoms with Gasteiger partial charge in [-0.1, -0.05) is 0 Å². The molecule has 0 N–H and O–H groups in total. The molecular weight excluding hydrogens is 404 g/mol. The van der Waals surface area contributed by atoms with Crippen LogP contribution in [-0.4, -0.2) is 64.5 Å². The van der Waals surface area contributed by atoms with E-state index < -0.39 is 0 Å². The highest BCUT2D eigenvalue weighted by atomic mass is 16.2. The van der Waals surface area contributed by atoms with Crippen molar-refractivity contribution in [2.24, 2.45) is 7.05 Å². The number of nitrogens with zero attached hydrogens (tertiary/aromatic N) is 6. The monoisotopic (exact) mass is 438 g/mol. The number of carbonyl (C=O) groups excluding carboxylic acids is 1. The number of aromatic nitrogens is 3. The fraction of sp³-hybridized carbons (Fsp3) is 0.583. The number of amides is 1. The number of likely N-dealkylation sites (N-methyl/N-ethyl adjacent to an activating group) is 1. The molecule has 2 aliphatic rings. The Balaban J connectivity index is 1.77. The number of hydrogen-bond acceptors (Lipinski definition) is 6. The molecule has 0 aromatic carbocycles. The lowest BCUT2D eigenvalue weighted by atomic mass is 9.98. The normalized spacial score (nSPS) is 19.1. The molecule has 1 atom stereocenters. The third-order valence-electron chi connectivity index (χ3n) is 6.81. The van der Waals surface area contributed by atoms with Crippen LogP contribution in [0.1, 0.15) is 64.0 Å². The van der Waals surface area contributed by atoms with Crippen molar-refractivity contribution in [1.82, 2.24) is 24.3 Å². The molecule has 2 aliphatic heterocycles. The summed E-state index contributed by atoms with van der Waals surface area (Å²) in [6.07, 6.45) is 3.62. The van der Waals surface area contributed by atoms with Gasteiger partial charge >= 0.3 is 0 Å². The van der Waals surface area contributed by atoms with Crippen LogP contribution >= 0.6 is 0 Å². The predicted octanol–water partition coefficient (Wildman–Crippen LogP) is 2.21. The van der Waals surface area contributed by atoms with Crippen molar-refractivity contribution in [3.8, 4) is 0 Å². The first-order valence-corrected chi connectivity index (χ1v) is 11.4. The van der Waals surface area contributed by atoms with Crippen LogP contribution < -0.4 is 10.5 Å². The minimum Gasteiger partial charge on any atom is -0.362 e. The van der Waals surface area contributed by atoms with Crippen LogP contribution in [0.5, 0.6) is 0 Å². The smallest absolute Gasteiger partial charge is 0.263 e. The highest BCUT2D eigenvalue weighted by molar-refractivity contribution is 5.95. The Labute approximate surface area is 189 Å². The quantitative estimate of drug-likeness (QED) is 0.732. The van der Waals surface area contributed by atoms with E-state index in [-0.39, 0.29) is 23.1 Å². The second-order valence-electron chi connectivity index (χ2n) is 9.43. The number of pyridine rings is 1. The van der Waals surface area contributed by atoms with E-state index in [2.05, 4.69) is 11.9 Å². The molecule has 1 saturated heterocycles. The van der Waals surface area contributed by atoms with Crippen LogP contribution in [0.15, 0.2) is 10.9 Å². The van der Waals surface area contributed by atoms with E-state index in [4.69, 9.17) is 9.97 Å². The standard InChI is InChI=1S/C24H34N6O2/c1-15-13-16(2)29(6)23(31)20(15)24(32)30-11-8-7-9-19(30)21-25-18-10-12-28(5)14-17(18)22(26-21)27(3)4/h13,19H,7-12,14H2,1-6H3/t19-/m0/s1. The van der Waals surface area contributed by atoms with Crippen LogP contribution in [0.3, 0.4) is 0 Å².